The van der Waals surface area contributed by atoms with E-state index in [0.717, 1.165) is 50.3 Å². The highest BCUT2D eigenvalue weighted by molar-refractivity contribution is 7.99. The molecule has 0 saturated carbocycles. The quantitative estimate of drug-likeness (QED) is 0.186. The SMILES string of the molecule is N#Cc1cccc2c1-c1ccc(-c3ccc(-c4cc(-c5ccccc5)nc(-c5ccccc5)n4)cc3)cc1C21c2ccccc2Sc2ccccc21. The molecule has 2 aliphatic rings. The van der Waals surface area contributed by atoms with E-state index in [4.69, 9.17) is 9.97 Å². The Labute approximate surface area is 307 Å². The van der Waals surface area contributed by atoms with E-state index in [0.29, 0.717) is 11.4 Å². The number of nitriles is 1. The fourth-order valence-electron chi connectivity index (χ4n) is 8.12. The molecule has 0 unspecified atom stereocenters. The highest BCUT2D eigenvalue weighted by atomic mass is 32.2. The Kier molecular flexibility index (Phi) is 7.02. The van der Waals surface area contributed by atoms with Crippen LogP contribution in [0.1, 0.15) is 27.8 Å². The van der Waals surface area contributed by atoms with Gasteiger partial charge in [0.25, 0.3) is 0 Å². The summed E-state index contributed by atoms with van der Waals surface area (Å²) < 4.78 is 0. The van der Waals surface area contributed by atoms with Crippen molar-refractivity contribution in [3.63, 3.8) is 0 Å². The van der Waals surface area contributed by atoms with Crippen LogP contribution in [0.15, 0.2) is 186 Å². The number of benzene rings is 7. The van der Waals surface area contributed by atoms with Gasteiger partial charge < -0.3 is 0 Å². The summed E-state index contributed by atoms with van der Waals surface area (Å²) in [6, 6.07) is 64.3. The zero-order valence-electron chi connectivity index (χ0n) is 28.0. The molecule has 0 fully saturated rings. The largest absolute Gasteiger partial charge is 0.228 e. The summed E-state index contributed by atoms with van der Waals surface area (Å²) in [5, 5.41) is 10.4. The molecule has 3 nitrogen and oxygen atoms in total. The zero-order valence-corrected chi connectivity index (χ0v) is 28.8. The van der Waals surface area contributed by atoms with Gasteiger partial charge in [-0.3, -0.25) is 0 Å². The molecule has 52 heavy (non-hydrogen) atoms. The second kappa shape index (κ2) is 12.1. The molecule has 0 saturated heterocycles. The van der Waals surface area contributed by atoms with E-state index >= 15 is 0 Å². The molecule has 1 aliphatic heterocycles. The van der Waals surface area contributed by atoms with Crippen molar-refractivity contribution in [3.05, 3.63) is 204 Å². The predicted octanol–water partition coefficient (Wildman–Crippen LogP) is 11.8. The molecule has 242 valence electrons. The summed E-state index contributed by atoms with van der Waals surface area (Å²) in [5.74, 6) is 0.701. The smallest absolute Gasteiger partial charge is 0.160 e. The summed E-state index contributed by atoms with van der Waals surface area (Å²) in [6.07, 6.45) is 0. The Hall–Kier alpha value is -6.54. The van der Waals surface area contributed by atoms with Crippen molar-refractivity contribution in [2.75, 3.05) is 0 Å². The molecule has 1 spiro atoms. The van der Waals surface area contributed by atoms with E-state index in [1.807, 2.05) is 60.3 Å². The third kappa shape index (κ3) is 4.60. The Balaban J connectivity index is 1.13. The van der Waals surface area contributed by atoms with Gasteiger partial charge in [0.05, 0.1) is 28.4 Å². The van der Waals surface area contributed by atoms with Gasteiger partial charge in [-0.1, -0.05) is 157 Å². The first-order valence-electron chi connectivity index (χ1n) is 17.4. The average Bonchev–Trinajstić information content (AvgIpc) is 3.51. The van der Waals surface area contributed by atoms with Crippen LogP contribution in [0.3, 0.4) is 0 Å². The first-order chi connectivity index (χ1) is 25.7. The highest BCUT2D eigenvalue weighted by Gasteiger charge is 2.50. The number of rotatable bonds is 4. The van der Waals surface area contributed by atoms with Crippen LogP contribution in [0.2, 0.25) is 0 Å². The molecule has 4 heteroatoms. The van der Waals surface area contributed by atoms with E-state index in [-0.39, 0.29) is 0 Å². The van der Waals surface area contributed by atoms with Crippen LogP contribution < -0.4 is 0 Å². The molecule has 0 amide bonds. The van der Waals surface area contributed by atoms with E-state index < -0.39 is 5.41 Å². The molecule has 1 aliphatic carbocycles. The lowest BCUT2D eigenvalue weighted by Crippen LogP contribution is -2.32. The molecule has 2 heterocycles. The number of aromatic nitrogens is 2. The molecule has 8 aromatic rings. The van der Waals surface area contributed by atoms with Crippen molar-refractivity contribution >= 4 is 11.8 Å². The summed E-state index contributed by atoms with van der Waals surface area (Å²) in [6.45, 7) is 0. The first-order valence-corrected chi connectivity index (χ1v) is 18.2. The minimum atomic E-state index is -0.547. The van der Waals surface area contributed by atoms with E-state index in [9.17, 15) is 5.26 Å². The number of hydrogen-bond donors (Lipinski definition) is 0. The Bertz CT molecular complexity index is 2610. The normalized spacial score (nSPS) is 13.1. The van der Waals surface area contributed by atoms with Crippen LogP contribution in [-0.2, 0) is 5.41 Å². The second-order valence-electron chi connectivity index (χ2n) is 13.2. The zero-order chi connectivity index (χ0) is 34.6. The van der Waals surface area contributed by atoms with Gasteiger partial charge in [0, 0.05) is 32.0 Å². The fraction of sp³-hybridized carbons (Fsp3) is 0.0208. The van der Waals surface area contributed by atoms with Crippen LogP contribution in [0.4, 0.5) is 0 Å². The second-order valence-corrected chi connectivity index (χ2v) is 14.3. The number of fused-ring (bicyclic) bond motifs is 9. The van der Waals surface area contributed by atoms with Crippen molar-refractivity contribution in [1.82, 2.24) is 9.97 Å². The van der Waals surface area contributed by atoms with Crippen molar-refractivity contribution in [1.29, 1.82) is 5.26 Å². The van der Waals surface area contributed by atoms with Crippen LogP contribution >= 0.6 is 11.8 Å². The van der Waals surface area contributed by atoms with Crippen molar-refractivity contribution in [2.45, 2.75) is 15.2 Å². The van der Waals surface area contributed by atoms with E-state index in [1.165, 1.54) is 32.0 Å². The van der Waals surface area contributed by atoms with Crippen molar-refractivity contribution in [3.8, 4) is 62.2 Å². The molecular weight excluding hydrogens is 651 g/mol. The lowest BCUT2D eigenvalue weighted by molar-refractivity contribution is 0.722. The lowest BCUT2D eigenvalue weighted by Gasteiger charge is -2.39. The molecule has 0 N–H and O–H groups in total. The van der Waals surface area contributed by atoms with Crippen LogP contribution in [0, 0.1) is 11.3 Å². The maximum Gasteiger partial charge on any atom is 0.160 e. The molecule has 1 aromatic heterocycles. The maximum atomic E-state index is 10.4. The topological polar surface area (TPSA) is 49.6 Å². The molecule has 0 atom stereocenters. The first kappa shape index (κ1) is 30.3. The van der Waals surface area contributed by atoms with E-state index in [1.54, 1.807) is 0 Å². The van der Waals surface area contributed by atoms with Crippen LogP contribution in [0.25, 0.3) is 56.2 Å². The monoisotopic (exact) mass is 679 g/mol. The fourth-order valence-corrected chi connectivity index (χ4v) is 9.31. The summed E-state index contributed by atoms with van der Waals surface area (Å²) in [4.78, 5) is 12.5. The van der Waals surface area contributed by atoms with Gasteiger partial charge in [-0.2, -0.15) is 5.26 Å². The minimum absolute atomic E-state index is 0.547. The molecule has 0 radical (unpaired) electrons. The predicted molar refractivity (Wildman–Crippen MR) is 210 cm³/mol. The molecule has 10 rings (SSSR count). The number of nitrogens with zero attached hydrogens (tertiary/aromatic N) is 3. The van der Waals surface area contributed by atoms with Crippen LogP contribution in [0.5, 0.6) is 0 Å². The van der Waals surface area contributed by atoms with Crippen molar-refractivity contribution < 1.29 is 0 Å². The van der Waals surface area contributed by atoms with Crippen LogP contribution in [-0.4, -0.2) is 9.97 Å². The van der Waals surface area contributed by atoms with Gasteiger partial charge in [0.15, 0.2) is 5.82 Å². The Morgan fingerprint density at radius 3 is 1.63 bits per heavy atom. The molecular formula is C48H29N3S. The van der Waals surface area contributed by atoms with Gasteiger partial charge >= 0.3 is 0 Å². The minimum Gasteiger partial charge on any atom is -0.228 e. The molecule has 7 aromatic carbocycles. The highest BCUT2D eigenvalue weighted by Crippen LogP contribution is 2.63. The maximum absolute atomic E-state index is 10.4. The standard InChI is InChI=1S/C48H29N3S/c49-30-36-16-11-19-40-46(36)37-27-26-35(28-41(37)48(40)38-17-7-9-20-44(38)52-45-21-10-8-18-39(45)48)31-22-24-33(25-23-31)43-29-42(32-12-3-1-4-13-32)50-47(51-43)34-14-5-2-6-15-34/h1-29H. The third-order valence-electron chi connectivity index (χ3n) is 10.4. The van der Waals surface area contributed by atoms with Gasteiger partial charge in [-0.05, 0) is 69.3 Å². The van der Waals surface area contributed by atoms with Crippen molar-refractivity contribution in [2.24, 2.45) is 0 Å². The average molecular weight is 680 g/mol. The van der Waals surface area contributed by atoms with Gasteiger partial charge in [-0.25, -0.2) is 9.97 Å². The number of hydrogen-bond acceptors (Lipinski definition) is 4. The summed E-state index contributed by atoms with van der Waals surface area (Å²) in [7, 11) is 0. The van der Waals surface area contributed by atoms with Gasteiger partial charge in [-0.15, -0.1) is 0 Å². The third-order valence-corrected chi connectivity index (χ3v) is 11.6. The molecule has 0 bridgehead atoms. The van der Waals surface area contributed by atoms with Gasteiger partial charge in [0.2, 0.25) is 0 Å². The summed E-state index contributed by atoms with van der Waals surface area (Å²) >= 11 is 1.83. The van der Waals surface area contributed by atoms with E-state index in [2.05, 4.69) is 133 Å². The summed E-state index contributed by atoms with van der Waals surface area (Å²) in [5.41, 5.74) is 14.3. The lowest BCUT2D eigenvalue weighted by atomic mass is 9.67. The Morgan fingerprint density at radius 1 is 0.442 bits per heavy atom. The van der Waals surface area contributed by atoms with Gasteiger partial charge in [0.1, 0.15) is 0 Å². The Morgan fingerprint density at radius 2 is 0.981 bits per heavy atom.